The van der Waals surface area contributed by atoms with Crippen molar-refractivity contribution in [3.05, 3.63) is 77.9 Å². The number of nitrogens with zero attached hydrogens (tertiary/aromatic N) is 1. The van der Waals surface area contributed by atoms with Gasteiger partial charge in [-0.1, -0.05) is 54.6 Å². The maximum Gasteiger partial charge on any atom is 0.258 e. The number of methoxy groups -OCH3 is 2. The zero-order valence-corrected chi connectivity index (χ0v) is 16.2. The fourth-order valence-corrected chi connectivity index (χ4v) is 3.51. The largest absolute Gasteiger partial charge is 0.354 e. The number of amides is 1. The van der Waals surface area contributed by atoms with Gasteiger partial charge in [-0.3, -0.25) is 9.69 Å². The third-order valence-electron chi connectivity index (χ3n) is 4.85. The Morgan fingerprint density at radius 3 is 2.19 bits per heavy atom. The number of hydrogen-bond acceptors (Lipinski definition) is 3. The molecule has 0 aliphatic carbocycles. The number of aryl methyl sites for hydroxylation is 1. The molecule has 0 aliphatic rings. The summed E-state index contributed by atoms with van der Waals surface area (Å²) in [6.07, 6.45) is -0.545. The predicted octanol–water partition coefficient (Wildman–Crippen LogP) is 4.80. The molecule has 0 N–H and O–H groups in total. The second-order valence-electron chi connectivity index (χ2n) is 6.57. The molecule has 4 heteroatoms. The smallest absolute Gasteiger partial charge is 0.258 e. The predicted molar refractivity (Wildman–Crippen MR) is 109 cm³/mol. The Balaban J connectivity index is 2.22. The van der Waals surface area contributed by atoms with E-state index in [2.05, 4.69) is 12.1 Å². The molecular formula is C23H25NO3. The minimum Gasteiger partial charge on any atom is -0.354 e. The number of rotatable bonds is 6. The second kappa shape index (κ2) is 8.33. The van der Waals surface area contributed by atoms with Crippen LogP contribution in [0, 0.1) is 6.92 Å². The molecule has 1 amide bonds. The number of fused-ring (bicyclic) bond motifs is 1. The second-order valence-corrected chi connectivity index (χ2v) is 6.57. The molecule has 0 heterocycles. The summed E-state index contributed by atoms with van der Waals surface area (Å²) < 4.78 is 11.0. The lowest BCUT2D eigenvalue weighted by molar-refractivity contribution is -0.113. The van der Waals surface area contributed by atoms with Gasteiger partial charge in [0.2, 0.25) is 0 Å². The van der Waals surface area contributed by atoms with Crippen molar-refractivity contribution in [3.8, 4) is 0 Å². The number of benzene rings is 3. The SMILES string of the molecule is COC(OC)C(C)N(C(=O)c1ccccc1)c1c(C)ccc2ccccc12. The zero-order chi connectivity index (χ0) is 19.4. The average Bonchev–Trinajstić information content (AvgIpc) is 2.71. The molecule has 0 saturated carbocycles. The van der Waals surface area contributed by atoms with Crippen LogP contribution in [0.1, 0.15) is 22.8 Å². The molecule has 140 valence electrons. The van der Waals surface area contributed by atoms with Crippen LogP contribution in [0.15, 0.2) is 66.7 Å². The van der Waals surface area contributed by atoms with Crippen molar-refractivity contribution in [3.63, 3.8) is 0 Å². The lowest BCUT2D eigenvalue weighted by atomic mass is 10.0. The molecule has 4 nitrogen and oxygen atoms in total. The van der Waals surface area contributed by atoms with Crippen LogP contribution in [-0.2, 0) is 9.47 Å². The summed E-state index contributed by atoms with van der Waals surface area (Å²) >= 11 is 0. The Labute approximate surface area is 160 Å². The first-order chi connectivity index (χ1) is 13.1. The Morgan fingerprint density at radius 2 is 1.52 bits per heavy atom. The van der Waals surface area contributed by atoms with Crippen molar-refractivity contribution in [2.45, 2.75) is 26.2 Å². The van der Waals surface area contributed by atoms with E-state index in [1.165, 1.54) is 0 Å². The van der Waals surface area contributed by atoms with Gasteiger partial charge < -0.3 is 9.47 Å². The first-order valence-corrected chi connectivity index (χ1v) is 9.01. The molecule has 0 fully saturated rings. The van der Waals surface area contributed by atoms with E-state index < -0.39 is 6.29 Å². The summed E-state index contributed by atoms with van der Waals surface area (Å²) in [5, 5.41) is 2.11. The molecule has 0 spiro atoms. The minimum absolute atomic E-state index is 0.0818. The number of anilines is 1. The normalized spacial score (nSPS) is 12.3. The highest BCUT2D eigenvalue weighted by molar-refractivity contribution is 6.12. The van der Waals surface area contributed by atoms with Gasteiger partial charge in [0.05, 0.1) is 11.7 Å². The van der Waals surface area contributed by atoms with Crippen molar-refractivity contribution >= 4 is 22.4 Å². The molecule has 0 aliphatic heterocycles. The van der Waals surface area contributed by atoms with Crippen LogP contribution < -0.4 is 4.90 Å². The summed E-state index contributed by atoms with van der Waals surface area (Å²) in [4.78, 5) is 15.3. The quantitative estimate of drug-likeness (QED) is 0.590. The molecule has 3 aromatic rings. The van der Waals surface area contributed by atoms with E-state index in [0.29, 0.717) is 5.56 Å². The molecular weight excluding hydrogens is 338 g/mol. The van der Waals surface area contributed by atoms with Crippen molar-refractivity contribution in [1.82, 2.24) is 0 Å². The van der Waals surface area contributed by atoms with Crippen molar-refractivity contribution in [2.75, 3.05) is 19.1 Å². The van der Waals surface area contributed by atoms with Crippen LogP contribution in [0.4, 0.5) is 5.69 Å². The molecule has 0 bridgehead atoms. The Bertz CT molecular complexity index is 919. The monoisotopic (exact) mass is 363 g/mol. The van der Waals surface area contributed by atoms with Gasteiger partial charge in [-0.15, -0.1) is 0 Å². The van der Waals surface area contributed by atoms with Gasteiger partial charge in [-0.25, -0.2) is 0 Å². The summed E-state index contributed by atoms with van der Waals surface area (Å²) in [5.74, 6) is -0.0818. The van der Waals surface area contributed by atoms with E-state index >= 15 is 0 Å². The van der Waals surface area contributed by atoms with E-state index in [0.717, 1.165) is 22.0 Å². The Morgan fingerprint density at radius 1 is 0.889 bits per heavy atom. The van der Waals surface area contributed by atoms with Gasteiger partial charge in [0.15, 0.2) is 6.29 Å². The van der Waals surface area contributed by atoms with Crippen molar-refractivity contribution < 1.29 is 14.3 Å². The third-order valence-corrected chi connectivity index (χ3v) is 4.85. The molecule has 1 atom stereocenters. The number of hydrogen-bond donors (Lipinski definition) is 0. The molecule has 3 rings (SSSR count). The highest BCUT2D eigenvalue weighted by atomic mass is 16.7. The Kier molecular flexibility index (Phi) is 5.89. The van der Waals surface area contributed by atoms with Gasteiger partial charge in [-0.2, -0.15) is 0 Å². The lowest BCUT2D eigenvalue weighted by Crippen LogP contribution is -2.47. The lowest BCUT2D eigenvalue weighted by Gasteiger charge is -2.35. The van der Waals surface area contributed by atoms with Gasteiger partial charge in [-0.05, 0) is 36.9 Å². The molecule has 0 saturated heterocycles. The molecule has 1 unspecified atom stereocenters. The van der Waals surface area contributed by atoms with Crippen LogP contribution in [0.5, 0.6) is 0 Å². The van der Waals surface area contributed by atoms with Gasteiger partial charge in [0.25, 0.3) is 5.91 Å². The third kappa shape index (κ3) is 3.72. The van der Waals surface area contributed by atoms with Gasteiger partial charge in [0, 0.05) is 25.2 Å². The van der Waals surface area contributed by atoms with Gasteiger partial charge in [0.1, 0.15) is 0 Å². The Hall–Kier alpha value is -2.69. The number of carbonyl (C=O) groups excluding carboxylic acids is 1. The molecule has 0 radical (unpaired) electrons. The number of carbonyl (C=O) groups is 1. The van der Waals surface area contributed by atoms with E-state index in [9.17, 15) is 4.79 Å². The van der Waals surface area contributed by atoms with Crippen LogP contribution in [0.25, 0.3) is 10.8 Å². The van der Waals surface area contributed by atoms with Crippen molar-refractivity contribution in [2.24, 2.45) is 0 Å². The fraction of sp³-hybridized carbons (Fsp3) is 0.261. The first kappa shape index (κ1) is 19.1. The zero-order valence-electron chi connectivity index (χ0n) is 16.2. The summed E-state index contributed by atoms with van der Waals surface area (Å²) in [5.41, 5.74) is 2.53. The highest BCUT2D eigenvalue weighted by Gasteiger charge is 2.31. The van der Waals surface area contributed by atoms with Gasteiger partial charge >= 0.3 is 0 Å². The van der Waals surface area contributed by atoms with Crippen LogP contribution >= 0.6 is 0 Å². The number of ether oxygens (including phenoxy) is 2. The molecule has 27 heavy (non-hydrogen) atoms. The highest BCUT2D eigenvalue weighted by Crippen LogP contribution is 2.34. The van der Waals surface area contributed by atoms with Crippen LogP contribution in [0.3, 0.4) is 0 Å². The van der Waals surface area contributed by atoms with E-state index in [1.807, 2.05) is 68.4 Å². The summed E-state index contributed by atoms with van der Waals surface area (Å²) in [6.45, 7) is 3.97. The van der Waals surface area contributed by atoms with Crippen LogP contribution in [0.2, 0.25) is 0 Å². The van der Waals surface area contributed by atoms with Crippen molar-refractivity contribution in [1.29, 1.82) is 0 Å². The molecule has 0 aromatic heterocycles. The molecule has 3 aromatic carbocycles. The standard InChI is InChI=1S/C23H25NO3/c1-16-14-15-18-10-8-9-13-20(18)21(16)24(17(2)23(26-3)27-4)22(25)19-11-6-5-7-12-19/h5-15,17,23H,1-4H3. The average molecular weight is 363 g/mol. The fourth-order valence-electron chi connectivity index (χ4n) is 3.51. The van der Waals surface area contributed by atoms with E-state index in [4.69, 9.17) is 9.47 Å². The van der Waals surface area contributed by atoms with Crippen LogP contribution in [-0.4, -0.2) is 32.5 Å². The first-order valence-electron chi connectivity index (χ1n) is 9.01. The van der Waals surface area contributed by atoms with E-state index in [1.54, 1.807) is 19.1 Å². The maximum atomic E-state index is 13.5. The topological polar surface area (TPSA) is 38.8 Å². The maximum absolute atomic E-state index is 13.5. The minimum atomic E-state index is -0.545. The summed E-state index contributed by atoms with van der Waals surface area (Å²) in [6, 6.07) is 21.2. The van der Waals surface area contributed by atoms with E-state index in [-0.39, 0.29) is 11.9 Å². The summed E-state index contributed by atoms with van der Waals surface area (Å²) in [7, 11) is 3.18.